The molecule has 0 fully saturated rings. The molecular formula is C9H12N4O2. The van der Waals surface area contributed by atoms with E-state index in [2.05, 4.69) is 15.3 Å². The Morgan fingerprint density at radius 2 is 2.47 bits per heavy atom. The number of rotatable bonds is 6. The zero-order valence-corrected chi connectivity index (χ0v) is 8.22. The highest BCUT2D eigenvalue weighted by molar-refractivity contribution is 5.91. The van der Waals surface area contributed by atoms with Crippen LogP contribution in [0.4, 0.5) is 0 Å². The van der Waals surface area contributed by atoms with Crippen LogP contribution in [0.2, 0.25) is 0 Å². The first-order valence-electron chi connectivity index (χ1n) is 4.67. The molecule has 6 heteroatoms. The molecule has 1 N–H and O–H groups in total. The summed E-state index contributed by atoms with van der Waals surface area (Å²) in [5.41, 5.74) is 8.01. The molecule has 0 atom stereocenters. The van der Waals surface area contributed by atoms with Gasteiger partial charge in [-0.1, -0.05) is 5.11 Å². The lowest BCUT2D eigenvalue weighted by molar-refractivity contribution is 0.0925. The molecule has 1 rings (SSSR count). The van der Waals surface area contributed by atoms with Gasteiger partial charge >= 0.3 is 0 Å². The van der Waals surface area contributed by atoms with Gasteiger partial charge < -0.3 is 9.73 Å². The first-order valence-corrected chi connectivity index (χ1v) is 4.67. The second kappa shape index (κ2) is 6.50. The van der Waals surface area contributed by atoms with E-state index in [1.165, 1.54) is 6.26 Å². The molecule has 0 spiro atoms. The lowest BCUT2D eigenvalue weighted by Gasteiger charge is -2.01. The molecule has 0 saturated carbocycles. The Morgan fingerprint density at radius 3 is 3.13 bits per heavy atom. The van der Waals surface area contributed by atoms with E-state index in [-0.39, 0.29) is 5.91 Å². The fraction of sp³-hybridized carbons (Fsp3) is 0.444. The fourth-order valence-electron chi connectivity index (χ4n) is 1.05. The predicted molar refractivity (Wildman–Crippen MR) is 54.3 cm³/mol. The van der Waals surface area contributed by atoms with Crippen LogP contribution in [0.15, 0.2) is 27.9 Å². The van der Waals surface area contributed by atoms with Crippen molar-refractivity contribution >= 4 is 5.91 Å². The van der Waals surface area contributed by atoms with Crippen LogP contribution in [0.25, 0.3) is 10.4 Å². The highest BCUT2D eigenvalue weighted by Crippen LogP contribution is 1.99. The Labute approximate surface area is 86.9 Å². The number of unbranched alkanes of at least 4 members (excludes halogenated alkanes) is 1. The molecule has 1 amide bonds. The van der Waals surface area contributed by atoms with Crippen molar-refractivity contribution in [3.63, 3.8) is 0 Å². The molecule has 0 aliphatic carbocycles. The number of nitrogens with zero attached hydrogens (tertiary/aromatic N) is 3. The zero-order valence-electron chi connectivity index (χ0n) is 8.22. The SMILES string of the molecule is [N-]=[N+]=NCCCCNC(=O)c1ccco1. The summed E-state index contributed by atoms with van der Waals surface area (Å²) in [5.74, 6) is 0.0915. The molecule has 6 nitrogen and oxygen atoms in total. The van der Waals surface area contributed by atoms with Crippen molar-refractivity contribution in [1.82, 2.24) is 5.32 Å². The molecule has 0 aliphatic heterocycles. The van der Waals surface area contributed by atoms with Crippen molar-refractivity contribution in [2.75, 3.05) is 13.1 Å². The fourth-order valence-corrected chi connectivity index (χ4v) is 1.05. The summed E-state index contributed by atoms with van der Waals surface area (Å²) in [6.45, 7) is 1.02. The van der Waals surface area contributed by atoms with E-state index in [1.54, 1.807) is 12.1 Å². The number of amides is 1. The first kappa shape index (κ1) is 11.1. The standard InChI is InChI=1S/C9H12N4O2/c10-13-12-6-2-1-5-11-9(14)8-4-3-7-15-8/h3-4,7H,1-2,5-6H2,(H,11,14). The number of furan rings is 1. The van der Waals surface area contributed by atoms with E-state index in [4.69, 9.17) is 9.95 Å². The van der Waals surface area contributed by atoms with Crippen LogP contribution >= 0.6 is 0 Å². The lowest BCUT2D eigenvalue weighted by atomic mass is 10.3. The van der Waals surface area contributed by atoms with Crippen molar-refractivity contribution in [2.24, 2.45) is 5.11 Å². The molecule has 0 saturated heterocycles. The zero-order chi connectivity index (χ0) is 10.9. The summed E-state index contributed by atoms with van der Waals surface area (Å²) >= 11 is 0. The Bertz CT molecular complexity index is 341. The van der Waals surface area contributed by atoms with Crippen LogP contribution < -0.4 is 5.32 Å². The van der Waals surface area contributed by atoms with Crippen molar-refractivity contribution in [3.8, 4) is 0 Å². The maximum absolute atomic E-state index is 11.3. The Balaban J connectivity index is 2.10. The molecule has 0 unspecified atom stereocenters. The second-order valence-corrected chi connectivity index (χ2v) is 2.89. The molecule has 0 radical (unpaired) electrons. The molecule has 15 heavy (non-hydrogen) atoms. The number of hydrogen-bond donors (Lipinski definition) is 1. The summed E-state index contributed by atoms with van der Waals surface area (Å²) in [4.78, 5) is 13.9. The van der Waals surface area contributed by atoms with Crippen LogP contribution in [-0.2, 0) is 0 Å². The minimum absolute atomic E-state index is 0.219. The Morgan fingerprint density at radius 1 is 1.60 bits per heavy atom. The topological polar surface area (TPSA) is 91.0 Å². The minimum atomic E-state index is -0.219. The number of azide groups is 1. The third-order valence-electron chi connectivity index (χ3n) is 1.78. The predicted octanol–water partition coefficient (Wildman–Crippen LogP) is 2.10. The van der Waals surface area contributed by atoms with Crippen LogP contribution in [0.3, 0.4) is 0 Å². The monoisotopic (exact) mass is 208 g/mol. The van der Waals surface area contributed by atoms with Crippen LogP contribution in [-0.4, -0.2) is 19.0 Å². The minimum Gasteiger partial charge on any atom is -0.459 e. The first-order chi connectivity index (χ1) is 7.34. The van der Waals surface area contributed by atoms with E-state index in [0.717, 1.165) is 12.8 Å². The van der Waals surface area contributed by atoms with E-state index in [1.807, 2.05) is 0 Å². The molecule has 1 heterocycles. The number of nitrogens with one attached hydrogen (secondary N) is 1. The van der Waals surface area contributed by atoms with Gasteiger partial charge in [-0.05, 0) is 30.5 Å². The van der Waals surface area contributed by atoms with Crippen molar-refractivity contribution < 1.29 is 9.21 Å². The summed E-state index contributed by atoms with van der Waals surface area (Å²) in [6.07, 6.45) is 3.00. The van der Waals surface area contributed by atoms with Gasteiger partial charge in [0.1, 0.15) is 0 Å². The summed E-state index contributed by atoms with van der Waals surface area (Å²) < 4.78 is 4.91. The quantitative estimate of drug-likeness (QED) is 0.335. The molecule has 80 valence electrons. The highest BCUT2D eigenvalue weighted by Gasteiger charge is 2.05. The molecule has 1 aromatic heterocycles. The Hall–Kier alpha value is -1.94. The Kier molecular flexibility index (Phi) is 4.83. The maximum atomic E-state index is 11.3. The van der Waals surface area contributed by atoms with Gasteiger partial charge in [0.15, 0.2) is 5.76 Å². The van der Waals surface area contributed by atoms with Crippen molar-refractivity contribution in [2.45, 2.75) is 12.8 Å². The van der Waals surface area contributed by atoms with Gasteiger partial charge in [-0.2, -0.15) is 0 Å². The third kappa shape index (κ3) is 4.19. The smallest absolute Gasteiger partial charge is 0.286 e. The van der Waals surface area contributed by atoms with Gasteiger partial charge in [-0.25, -0.2) is 0 Å². The second-order valence-electron chi connectivity index (χ2n) is 2.89. The van der Waals surface area contributed by atoms with Gasteiger partial charge in [0, 0.05) is 18.0 Å². The van der Waals surface area contributed by atoms with Crippen LogP contribution in [0.5, 0.6) is 0 Å². The van der Waals surface area contributed by atoms with E-state index >= 15 is 0 Å². The van der Waals surface area contributed by atoms with Crippen molar-refractivity contribution in [1.29, 1.82) is 0 Å². The number of carbonyl (C=O) groups is 1. The van der Waals surface area contributed by atoms with Gasteiger partial charge in [0.25, 0.3) is 5.91 Å². The van der Waals surface area contributed by atoms with Gasteiger partial charge in [-0.3, -0.25) is 4.79 Å². The van der Waals surface area contributed by atoms with Crippen LogP contribution in [0.1, 0.15) is 23.4 Å². The summed E-state index contributed by atoms with van der Waals surface area (Å²) in [6, 6.07) is 3.27. The number of hydrogen-bond acceptors (Lipinski definition) is 3. The maximum Gasteiger partial charge on any atom is 0.286 e. The van der Waals surface area contributed by atoms with Crippen LogP contribution in [0, 0.1) is 0 Å². The van der Waals surface area contributed by atoms with Gasteiger partial charge in [0.05, 0.1) is 6.26 Å². The lowest BCUT2D eigenvalue weighted by Crippen LogP contribution is -2.23. The molecule has 0 aliphatic rings. The summed E-state index contributed by atoms with van der Waals surface area (Å²) in [5, 5.41) is 6.08. The van der Waals surface area contributed by atoms with Gasteiger partial charge in [-0.15, -0.1) is 0 Å². The third-order valence-corrected chi connectivity index (χ3v) is 1.78. The molecule has 0 aromatic carbocycles. The van der Waals surface area contributed by atoms with E-state index < -0.39 is 0 Å². The van der Waals surface area contributed by atoms with Gasteiger partial charge in [0.2, 0.25) is 0 Å². The average molecular weight is 208 g/mol. The average Bonchev–Trinajstić information content (AvgIpc) is 2.76. The highest BCUT2D eigenvalue weighted by atomic mass is 16.3. The molecule has 0 bridgehead atoms. The molecule has 1 aromatic rings. The summed E-state index contributed by atoms with van der Waals surface area (Å²) in [7, 11) is 0. The largest absolute Gasteiger partial charge is 0.459 e. The normalized spacial score (nSPS) is 9.33. The van der Waals surface area contributed by atoms with Crippen molar-refractivity contribution in [3.05, 3.63) is 34.6 Å². The van der Waals surface area contributed by atoms with E-state index in [9.17, 15) is 4.79 Å². The molecular weight excluding hydrogens is 196 g/mol. The van der Waals surface area contributed by atoms with E-state index in [0.29, 0.717) is 18.8 Å². The number of carbonyl (C=O) groups excluding carboxylic acids is 1.